The van der Waals surface area contributed by atoms with Gasteiger partial charge in [-0.05, 0) is 37.3 Å². The van der Waals surface area contributed by atoms with Gasteiger partial charge in [0.25, 0.3) is 11.8 Å². The Labute approximate surface area is 156 Å². The van der Waals surface area contributed by atoms with Crippen LogP contribution in [0.3, 0.4) is 0 Å². The Bertz CT molecular complexity index is 790. The molecule has 9 heteroatoms. The number of anilines is 1. The number of nitrogens with zero attached hydrogens (tertiary/aromatic N) is 2. The molecular formula is C18H21N5O4. The van der Waals surface area contributed by atoms with E-state index in [1.807, 2.05) is 6.92 Å². The number of carbonyl (C=O) groups is 3. The van der Waals surface area contributed by atoms with Gasteiger partial charge in [-0.25, -0.2) is 0 Å². The lowest BCUT2D eigenvalue weighted by atomic mass is 10.2. The summed E-state index contributed by atoms with van der Waals surface area (Å²) in [6.07, 6.45) is 0. The highest BCUT2D eigenvalue weighted by Gasteiger charge is 2.09. The number of aromatic nitrogens is 2. The first-order chi connectivity index (χ1) is 13.0. The molecule has 27 heavy (non-hydrogen) atoms. The van der Waals surface area contributed by atoms with Crippen LogP contribution in [-0.4, -0.2) is 47.6 Å². The Morgan fingerprint density at radius 3 is 2.15 bits per heavy atom. The van der Waals surface area contributed by atoms with Crippen molar-refractivity contribution in [1.29, 1.82) is 0 Å². The molecule has 0 spiro atoms. The highest BCUT2D eigenvalue weighted by Crippen LogP contribution is 2.09. The lowest BCUT2D eigenvalue weighted by Gasteiger charge is -2.08. The summed E-state index contributed by atoms with van der Waals surface area (Å²) in [5.74, 6) is -0.495. The third-order valence-electron chi connectivity index (χ3n) is 3.33. The number of rotatable bonds is 8. The van der Waals surface area contributed by atoms with Crippen LogP contribution in [0.15, 0.2) is 36.4 Å². The van der Waals surface area contributed by atoms with Gasteiger partial charge >= 0.3 is 0 Å². The molecular weight excluding hydrogens is 350 g/mol. The van der Waals surface area contributed by atoms with Gasteiger partial charge in [0.05, 0.1) is 6.61 Å². The molecule has 0 saturated carbocycles. The summed E-state index contributed by atoms with van der Waals surface area (Å²) in [5.41, 5.74) is 1.23. The van der Waals surface area contributed by atoms with E-state index in [-0.39, 0.29) is 36.5 Å². The molecule has 0 fully saturated rings. The first-order valence-corrected chi connectivity index (χ1v) is 8.40. The average molecular weight is 371 g/mol. The van der Waals surface area contributed by atoms with E-state index in [0.29, 0.717) is 23.7 Å². The fourth-order valence-corrected chi connectivity index (χ4v) is 2.12. The molecule has 0 saturated heterocycles. The maximum atomic E-state index is 12.0. The van der Waals surface area contributed by atoms with Gasteiger partial charge in [0.2, 0.25) is 11.8 Å². The van der Waals surface area contributed by atoms with E-state index in [1.54, 1.807) is 30.3 Å². The molecule has 1 aromatic heterocycles. The second-order valence-corrected chi connectivity index (χ2v) is 5.46. The second-order valence-electron chi connectivity index (χ2n) is 5.46. The van der Waals surface area contributed by atoms with Crippen molar-refractivity contribution in [3.8, 4) is 5.88 Å². The summed E-state index contributed by atoms with van der Waals surface area (Å²) >= 11 is 0. The van der Waals surface area contributed by atoms with Gasteiger partial charge in [-0.2, -0.15) is 0 Å². The van der Waals surface area contributed by atoms with Gasteiger partial charge in [0.1, 0.15) is 0 Å². The van der Waals surface area contributed by atoms with E-state index in [9.17, 15) is 14.4 Å². The number of hydrogen-bond acceptors (Lipinski definition) is 6. The van der Waals surface area contributed by atoms with Crippen molar-refractivity contribution in [1.82, 2.24) is 20.8 Å². The molecule has 0 atom stereocenters. The third kappa shape index (κ3) is 6.38. The standard InChI is InChI=1S/C18H21N5O4/c1-3-27-16-9-8-15(22-23-16)18(26)20-11-10-19-17(25)13-4-6-14(7-5-13)21-12(2)24/h4-9H,3,10-11H2,1-2H3,(H,19,25)(H,20,26)(H,21,24). The van der Waals surface area contributed by atoms with Crippen LogP contribution in [0.2, 0.25) is 0 Å². The van der Waals surface area contributed by atoms with Crippen molar-refractivity contribution in [3.05, 3.63) is 47.7 Å². The highest BCUT2D eigenvalue weighted by atomic mass is 16.5. The van der Waals surface area contributed by atoms with Gasteiger partial charge in [-0.15, -0.1) is 10.2 Å². The number of hydrogen-bond donors (Lipinski definition) is 3. The quantitative estimate of drug-likeness (QED) is 0.595. The van der Waals surface area contributed by atoms with Gasteiger partial charge in [-0.1, -0.05) is 0 Å². The van der Waals surface area contributed by atoms with E-state index < -0.39 is 0 Å². The molecule has 0 aliphatic rings. The van der Waals surface area contributed by atoms with E-state index >= 15 is 0 Å². The molecule has 0 aliphatic heterocycles. The summed E-state index contributed by atoms with van der Waals surface area (Å²) in [6, 6.07) is 9.58. The molecule has 2 aromatic rings. The van der Waals surface area contributed by atoms with Crippen molar-refractivity contribution in [2.45, 2.75) is 13.8 Å². The van der Waals surface area contributed by atoms with Crippen LogP contribution in [0.1, 0.15) is 34.7 Å². The molecule has 2 rings (SSSR count). The van der Waals surface area contributed by atoms with E-state index in [2.05, 4.69) is 26.1 Å². The minimum Gasteiger partial charge on any atom is -0.477 e. The molecule has 0 unspecified atom stereocenters. The van der Waals surface area contributed by atoms with Crippen molar-refractivity contribution in [3.63, 3.8) is 0 Å². The summed E-state index contributed by atoms with van der Waals surface area (Å²) in [7, 11) is 0. The van der Waals surface area contributed by atoms with E-state index in [1.165, 1.54) is 13.0 Å². The van der Waals surface area contributed by atoms with Crippen LogP contribution in [0.25, 0.3) is 0 Å². The van der Waals surface area contributed by atoms with Crippen LogP contribution < -0.4 is 20.7 Å². The molecule has 1 aromatic carbocycles. The zero-order chi connectivity index (χ0) is 19.6. The average Bonchev–Trinajstić information content (AvgIpc) is 2.66. The molecule has 0 aliphatic carbocycles. The fourth-order valence-electron chi connectivity index (χ4n) is 2.12. The maximum absolute atomic E-state index is 12.0. The van der Waals surface area contributed by atoms with Gasteiger partial charge in [0, 0.05) is 37.3 Å². The number of amides is 3. The first kappa shape index (κ1) is 19.8. The number of ether oxygens (including phenoxy) is 1. The fraction of sp³-hybridized carbons (Fsp3) is 0.278. The molecule has 3 amide bonds. The Hall–Kier alpha value is -3.49. The summed E-state index contributed by atoms with van der Waals surface area (Å²) < 4.78 is 5.16. The Kier molecular flexibility index (Phi) is 7.24. The molecule has 3 N–H and O–H groups in total. The first-order valence-electron chi connectivity index (χ1n) is 8.40. The zero-order valence-corrected chi connectivity index (χ0v) is 15.1. The summed E-state index contributed by atoms with van der Waals surface area (Å²) in [5, 5.41) is 15.5. The monoisotopic (exact) mass is 371 g/mol. The van der Waals surface area contributed by atoms with Crippen LogP contribution in [-0.2, 0) is 4.79 Å². The largest absolute Gasteiger partial charge is 0.477 e. The number of carbonyl (C=O) groups excluding carboxylic acids is 3. The molecule has 0 bridgehead atoms. The van der Waals surface area contributed by atoms with E-state index in [4.69, 9.17) is 4.74 Å². The van der Waals surface area contributed by atoms with Crippen molar-refractivity contribution < 1.29 is 19.1 Å². The summed E-state index contributed by atoms with van der Waals surface area (Å²) in [6.45, 7) is 4.20. The Balaban J connectivity index is 1.74. The predicted octanol–water partition coefficient (Wildman–Crippen LogP) is 0.993. The van der Waals surface area contributed by atoms with Gasteiger partial charge in [-0.3, -0.25) is 14.4 Å². The topological polar surface area (TPSA) is 122 Å². The smallest absolute Gasteiger partial charge is 0.271 e. The van der Waals surface area contributed by atoms with Crippen LogP contribution in [0, 0.1) is 0 Å². The second kappa shape index (κ2) is 9.85. The van der Waals surface area contributed by atoms with E-state index in [0.717, 1.165) is 0 Å². The zero-order valence-electron chi connectivity index (χ0n) is 15.1. The number of nitrogens with one attached hydrogen (secondary N) is 3. The lowest BCUT2D eigenvalue weighted by molar-refractivity contribution is -0.114. The SMILES string of the molecule is CCOc1ccc(C(=O)NCCNC(=O)c2ccc(NC(C)=O)cc2)nn1. The third-order valence-corrected chi connectivity index (χ3v) is 3.33. The lowest BCUT2D eigenvalue weighted by Crippen LogP contribution is -2.35. The van der Waals surface area contributed by atoms with Crippen molar-refractivity contribution in [2.24, 2.45) is 0 Å². The highest BCUT2D eigenvalue weighted by molar-refractivity contribution is 5.95. The minimum absolute atomic E-state index is 0.165. The molecule has 142 valence electrons. The molecule has 9 nitrogen and oxygen atoms in total. The minimum atomic E-state index is -0.389. The van der Waals surface area contributed by atoms with Crippen LogP contribution in [0.5, 0.6) is 5.88 Å². The summed E-state index contributed by atoms with van der Waals surface area (Å²) in [4.78, 5) is 35.0. The van der Waals surface area contributed by atoms with Crippen LogP contribution in [0.4, 0.5) is 5.69 Å². The van der Waals surface area contributed by atoms with Gasteiger partial charge < -0.3 is 20.7 Å². The number of benzene rings is 1. The Morgan fingerprint density at radius 2 is 1.59 bits per heavy atom. The Morgan fingerprint density at radius 1 is 0.926 bits per heavy atom. The van der Waals surface area contributed by atoms with Crippen molar-refractivity contribution >= 4 is 23.4 Å². The molecule has 0 radical (unpaired) electrons. The molecule has 1 heterocycles. The van der Waals surface area contributed by atoms with Crippen molar-refractivity contribution in [2.75, 3.05) is 25.0 Å². The normalized spacial score (nSPS) is 10.0. The van der Waals surface area contributed by atoms with Gasteiger partial charge in [0.15, 0.2) is 5.69 Å². The van der Waals surface area contributed by atoms with Crippen LogP contribution >= 0.6 is 0 Å². The maximum Gasteiger partial charge on any atom is 0.271 e. The predicted molar refractivity (Wildman–Crippen MR) is 98.6 cm³/mol.